The third-order valence-corrected chi connectivity index (χ3v) is 7.16. The third-order valence-electron chi connectivity index (χ3n) is 7.16. The molecule has 3 heterocycles. The SMILES string of the molecule is CCCc1c(Cc2ccc(-c3ccccc3C3=NC(O)ON3)cc2F)c(=O)n(-c2ccc(OC(C)C)cc2)c2ncnn12.[K+]. The molecule has 0 spiro atoms. The molecule has 0 amide bonds. The molecule has 1 aliphatic rings. The zero-order valence-electron chi connectivity index (χ0n) is 25.0. The Morgan fingerprint density at radius 1 is 1.09 bits per heavy atom. The number of hydrogen-bond donors (Lipinski definition) is 2. The van der Waals surface area contributed by atoms with Crippen molar-refractivity contribution in [1.82, 2.24) is 24.6 Å². The Balaban J connectivity index is 0.00000384. The van der Waals surface area contributed by atoms with Gasteiger partial charge in [0, 0.05) is 17.5 Å². The van der Waals surface area contributed by atoms with E-state index >= 15 is 4.39 Å². The Hall–Kier alpha value is -3.23. The minimum atomic E-state index is -1.31. The fourth-order valence-corrected chi connectivity index (χ4v) is 5.29. The molecule has 6 rings (SSSR count). The standard InChI is InChI=1S/C32H31FN6O4.K/c1-4-7-28-26(30(40)38(31-34-18-35-39(28)31)22-12-14-23(15-13-22)42-19(2)3)16-21-11-10-20(17-27(21)33)24-8-5-6-9-25(24)29-36-32(41)43-37-29;/h5-6,8-15,17-19,32,41H,4,7,16H2,1-3H3,(H,36,37);/q;+1. The van der Waals surface area contributed by atoms with Gasteiger partial charge in [0.25, 0.3) is 12.0 Å². The van der Waals surface area contributed by atoms with Gasteiger partial charge in [-0.05, 0) is 67.3 Å². The van der Waals surface area contributed by atoms with Gasteiger partial charge in [-0.1, -0.05) is 49.7 Å². The van der Waals surface area contributed by atoms with Crippen LogP contribution in [0.4, 0.5) is 4.39 Å². The summed E-state index contributed by atoms with van der Waals surface area (Å²) in [6.07, 6.45) is 1.54. The van der Waals surface area contributed by atoms with E-state index in [1.165, 1.54) is 17.0 Å². The second kappa shape index (κ2) is 13.8. The largest absolute Gasteiger partial charge is 1.00 e. The first-order valence-electron chi connectivity index (χ1n) is 14.1. The van der Waals surface area contributed by atoms with Crippen molar-refractivity contribution < 1.29 is 70.5 Å². The van der Waals surface area contributed by atoms with Crippen LogP contribution in [0, 0.1) is 5.82 Å². The molecule has 0 bridgehead atoms. The molecule has 5 aromatic rings. The zero-order chi connectivity index (χ0) is 30.1. The molecule has 1 atom stereocenters. The van der Waals surface area contributed by atoms with Crippen LogP contribution in [0.2, 0.25) is 0 Å². The minimum Gasteiger partial charge on any atom is -0.491 e. The molecule has 1 unspecified atom stereocenters. The van der Waals surface area contributed by atoms with Gasteiger partial charge in [0.1, 0.15) is 17.9 Å². The molecule has 12 heteroatoms. The summed E-state index contributed by atoms with van der Waals surface area (Å²) >= 11 is 0. The Morgan fingerprint density at radius 3 is 2.50 bits per heavy atom. The predicted octanol–water partition coefficient (Wildman–Crippen LogP) is 1.58. The number of benzene rings is 3. The molecule has 0 aliphatic carbocycles. The maximum Gasteiger partial charge on any atom is 1.00 e. The fraction of sp³-hybridized carbons (Fsp3) is 0.250. The van der Waals surface area contributed by atoms with Crippen molar-refractivity contribution >= 4 is 11.6 Å². The molecule has 10 nitrogen and oxygen atoms in total. The van der Waals surface area contributed by atoms with Crippen LogP contribution >= 0.6 is 0 Å². The molecular formula is C32H31FKN6O4+. The Labute approximate surface area is 296 Å². The van der Waals surface area contributed by atoms with Gasteiger partial charge in [-0.25, -0.2) is 28.8 Å². The van der Waals surface area contributed by atoms with Crippen LogP contribution in [0.5, 0.6) is 5.75 Å². The van der Waals surface area contributed by atoms with E-state index in [1.54, 1.807) is 22.7 Å². The number of nitrogens with zero attached hydrogens (tertiary/aromatic N) is 5. The fourth-order valence-electron chi connectivity index (χ4n) is 5.29. The zero-order valence-corrected chi connectivity index (χ0v) is 28.1. The van der Waals surface area contributed by atoms with E-state index in [-0.39, 0.29) is 69.5 Å². The first-order chi connectivity index (χ1) is 20.8. The van der Waals surface area contributed by atoms with Gasteiger partial charge in [0.05, 0.1) is 17.5 Å². The van der Waals surface area contributed by atoms with E-state index in [0.717, 1.165) is 6.42 Å². The molecule has 2 aromatic heterocycles. The van der Waals surface area contributed by atoms with Gasteiger partial charge in [0.15, 0.2) is 5.84 Å². The Morgan fingerprint density at radius 2 is 1.84 bits per heavy atom. The van der Waals surface area contributed by atoms with Crippen LogP contribution in [0.1, 0.15) is 49.6 Å². The number of aliphatic hydroxyl groups excluding tert-OH is 1. The first kappa shape index (κ1) is 32.2. The van der Waals surface area contributed by atoms with Gasteiger partial charge in [-0.2, -0.15) is 10.1 Å². The summed E-state index contributed by atoms with van der Waals surface area (Å²) in [7, 11) is 0. The van der Waals surface area contributed by atoms with E-state index in [1.807, 2.05) is 63.2 Å². The molecule has 220 valence electrons. The van der Waals surface area contributed by atoms with Crippen molar-refractivity contribution in [3.63, 3.8) is 0 Å². The average Bonchev–Trinajstić information content (AvgIpc) is 3.65. The summed E-state index contributed by atoms with van der Waals surface area (Å²) in [5.41, 5.74) is 6.43. The van der Waals surface area contributed by atoms with Gasteiger partial charge < -0.3 is 9.84 Å². The second-order valence-corrected chi connectivity index (χ2v) is 10.5. The van der Waals surface area contributed by atoms with Crippen LogP contribution in [-0.2, 0) is 17.7 Å². The molecule has 0 saturated carbocycles. The number of aryl methyl sites for hydroxylation is 1. The van der Waals surface area contributed by atoms with E-state index in [9.17, 15) is 9.90 Å². The van der Waals surface area contributed by atoms with Crippen LogP contribution in [0.15, 0.2) is 82.8 Å². The van der Waals surface area contributed by atoms with Crippen molar-refractivity contribution in [1.29, 1.82) is 0 Å². The quantitative estimate of drug-likeness (QED) is 0.240. The van der Waals surface area contributed by atoms with Crippen LogP contribution in [0.3, 0.4) is 0 Å². The molecular weight excluding hydrogens is 590 g/mol. The Bertz CT molecular complexity index is 1890. The summed E-state index contributed by atoms with van der Waals surface area (Å²) < 4.78 is 24.7. The smallest absolute Gasteiger partial charge is 0.491 e. The summed E-state index contributed by atoms with van der Waals surface area (Å²) in [6, 6.07) is 19.5. The van der Waals surface area contributed by atoms with E-state index < -0.39 is 12.2 Å². The first-order valence-corrected chi connectivity index (χ1v) is 14.1. The number of rotatable bonds is 9. The van der Waals surface area contributed by atoms with Crippen LogP contribution in [0.25, 0.3) is 22.6 Å². The van der Waals surface area contributed by atoms with E-state index in [0.29, 0.717) is 63.0 Å². The van der Waals surface area contributed by atoms with Crippen LogP contribution in [-0.4, -0.2) is 42.6 Å². The maximum absolute atomic E-state index is 15.8. The Kier molecular flexibility index (Phi) is 10.1. The van der Waals surface area contributed by atoms with Gasteiger partial charge in [-0.3, -0.25) is 4.79 Å². The number of hydrogen-bond acceptors (Lipinski definition) is 8. The molecule has 3 aromatic carbocycles. The number of fused-ring (bicyclic) bond motifs is 1. The van der Waals surface area contributed by atoms with Crippen LogP contribution < -0.4 is 67.2 Å². The summed E-state index contributed by atoms with van der Waals surface area (Å²) in [6.45, 7) is 5.91. The summed E-state index contributed by atoms with van der Waals surface area (Å²) in [5, 5.41) is 14.1. The van der Waals surface area contributed by atoms with Crippen molar-refractivity contribution in [2.45, 2.75) is 52.6 Å². The topological polar surface area (TPSA) is 115 Å². The van der Waals surface area contributed by atoms with Crippen molar-refractivity contribution in [2.24, 2.45) is 4.99 Å². The van der Waals surface area contributed by atoms with E-state index in [2.05, 4.69) is 20.6 Å². The summed E-state index contributed by atoms with van der Waals surface area (Å²) in [5.74, 6) is 0.976. The third kappa shape index (κ3) is 6.43. The number of halogens is 1. The number of amidine groups is 1. The minimum absolute atomic E-state index is 0. The summed E-state index contributed by atoms with van der Waals surface area (Å²) in [4.78, 5) is 27.5. The molecule has 2 N–H and O–H groups in total. The number of aliphatic imine (C=N–C) groups is 1. The molecule has 0 saturated heterocycles. The molecule has 1 aliphatic heterocycles. The van der Waals surface area contributed by atoms with Crippen molar-refractivity contribution in [3.05, 3.63) is 112 Å². The maximum atomic E-state index is 15.8. The van der Waals surface area contributed by atoms with Gasteiger partial charge in [0.2, 0.25) is 5.78 Å². The molecule has 0 fully saturated rings. The normalized spacial score (nSPS) is 14.4. The monoisotopic (exact) mass is 621 g/mol. The second-order valence-electron chi connectivity index (χ2n) is 10.5. The molecule has 0 radical (unpaired) electrons. The molecule has 44 heavy (non-hydrogen) atoms. The van der Waals surface area contributed by atoms with Crippen molar-refractivity contribution in [2.75, 3.05) is 0 Å². The van der Waals surface area contributed by atoms with Gasteiger partial charge in [-0.15, -0.1) is 0 Å². The predicted molar refractivity (Wildman–Crippen MR) is 160 cm³/mol. The number of aromatic nitrogens is 4. The van der Waals surface area contributed by atoms with Crippen molar-refractivity contribution in [3.8, 4) is 22.6 Å². The number of hydroxylamine groups is 1. The van der Waals surface area contributed by atoms with Gasteiger partial charge >= 0.3 is 51.4 Å². The average molecular weight is 622 g/mol. The number of aliphatic hydroxyl groups is 1. The van der Waals surface area contributed by atoms with E-state index in [4.69, 9.17) is 9.57 Å². The number of nitrogens with one attached hydrogen (secondary N) is 1. The number of ether oxygens (including phenoxy) is 1.